The lowest BCUT2D eigenvalue weighted by atomic mass is 10.2. The Kier molecular flexibility index (Phi) is 14.0. The van der Waals surface area contributed by atoms with E-state index in [0.29, 0.717) is 0 Å². The highest BCUT2D eigenvalue weighted by molar-refractivity contribution is 5.31. The highest BCUT2D eigenvalue weighted by Crippen LogP contribution is 2.13. The summed E-state index contributed by atoms with van der Waals surface area (Å²) >= 11 is 0. The zero-order chi connectivity index (χ0) is 16.0. The van der Waals surface area contributed by atoms with Gasteiger partial charge in [0.25, 0.3) is 0 Å². The van der Waals surface area contributed by atoms with E-state index >= 15 is 0 Å². The topological polar surface area (TPSA) is 3.24 Å². The molecule has 0 bridgehead atoms. The van der Waals surface area contributed by atoms with E-state index in [1.165, 1.54) is 5.57 Å². The van der Waals surface area contributed by atoms with Crippen molar-refractivity contribution in [2.45, 2.75) is 41.5 Å². The molecule has 0 spiro atoms. The van der Waals surface area contributed by atoms with E-state index in [1.54, 1.807) is 6.08 Å². The molecule has 0 fully saturated rings. The zero-order valence-electron chi connectivity index (χ0n) is 14.3. The van der Waals surface area contributed by atoms with E-state index in [-0.39, 0.29) is 0 Å². The fourth-order valence-corrected chi connectivity index (χ4v) is 1.46. The van der Waals surface area contributed by atoms with Gasteiger partial charge >= 0.3 is 0 Å². The highest BCUT2D eigenvalue weighted by Gasteiger charge is 2.02. The Labute approximate surface area is 126 Å². The third-order valence-corrected chi connectivity index (χ3v) is 2.39. The van der Waals surface area contributed by atoms with Crippen molar-refractivity contribution in [2.75, 3.05) is 7.05 Å². The number of nitrogens with zero attached hydrogens (tertiary/aromatic N) is 1. The number of allylic oxidation sites excluding steroid dienone is 9. The van der Waals surface area contributed by atoms with E-state index in [4.69, 9.17) is 0 Å². The minimum atomic E-state index is 1.11. The first-order chi connectivity index (χ1) is 9.56. The third-order valence-electron chi connectivity index (χ3n) is 2.39. The molecule has 112 valence electrons. The predicted octanol–water partition coefficient (Wildman–Crippen LogP) is 6.02. The summed E-state index contributed by atoms with van der Waals surface area (Å²) in [6.45, 7) is 16.0. The van der Waals surface area contributed by atoms with E-state index in [0.717, 1.165) is 11.4 Å². The van der Waals surface area contributed by atoms with Gasteiger partial charge in [-0.1, -0.05) is 56.4 Å². The van der Waals surface area contributed by atoms with Gasteiger partial charge in [-0.2, -0.15) is 0 Å². The predicted molar refractivity (Wildman–Crippen MR) is 94.5 cm³/mol. The smallest absolute Gasteiger partial charge is 0.0404 e. The summed E-state index contributed by atoms with van der Waals surface area (Å²) in [6.07, 6.45) is 16.3. The maximum atomic E-state index is 3.75. The second-order valence-electron chi connectivity index (χ2n) is 4.20. The maximum absolute atomic E-state index is 3.75. The monoisotopic (exact) mass is 273 g/mol. The average molecular weight is 273 g/mol. The first-order valence-electron chi connectivity index (χ1n) is 7.23. The first-order valence-corrected chi connectivity index (χ1v) is 7.23. The molecule has 0 aromatic rings. The van der Waals surface area contributed by atoms with Gasteiger partial charge in [-0.25, -0.2) is 0 Å². The Hall–Kier alpha value is -1.76. The molecule has 0 aromatic carbocycles. The van der Waals surface area contributed by atoms with Crippen molar-refractivity contribution in [1.82, 2.24) is 4.90 Å². The van der Waals surface area contributed by atoms with Crippen LogP contribution in [0.3, 0.4) is 0 Å². The van der Waals surface area contributed by atoms with Crippen LogP contribution in [-0.2, 0) is 0 Å². The molecule has 0 saturated heterocycles. The minimum Gasteiger partial charge on any atom is -0.345 e. The standard InChI is InChI=1S/C17H25N.C2H6/c1-7-11-17(12-8-2)18(6)16(9-3)14-10-13-15(4)5;1-2/h7-14H,1H2,2-6H3;1-2H3/b12-8-,14-10-,16-9+,17-11+;. The molecule has 1 nitrogen and oxygen atoms in total. The quantitative estimate of drug-likeness (QED) is 0.535. The Bertz CT molecular complexity index is 399. The average Bonchev–Trinajstić information content (AvgIpc) is 2.44. The van der Waals surface area contributed by atoms with Crippen molar-refractivity contribution in [3.8, 4) is 0 Å². The van der Waals surface area contributed by atoms with Gasteiger partial charge in [-0.3, -0.25) is 0 Å². The fraction of sp³-hybridized carbons (Fsp3) is 0.368. The van der Waals surface area contributed by atoms with Gasteiger partial charge in [0.1, 0.15) is 0 Å². The molecule has 0 N–H and O–H groups in total. The second-order valence-corrected chi connectivity index (χ2v) is 4.20. The lowest BCUT2D eigenvalue weighted by Gasteiger charge is -2.21. The van der Waals surface area contributed by atoms with E-state index < -0.39 is 0 Å². The van der Waals surface area contributed by atoms with Crippen LogP contribution in [0.15, 0.2) is 72.2 Å². The molecular formula is C19H31N. The Morgan fingerprint density at radius 1 is 0.950 bits per heavy atom. The molecule has 0 aliphatic carbocycles. The van der Waals surface area contributed by atoms with Crippen molar-refractivity contribution in [3.05, 3.63) is 72.2 Å². The molecule has 0 atom stereocenters. The van der Waals surface area contributed by atoms with Gasteiger partial charge in [0.05, 0.1) is 0 Å². The van der Waals surface area contributed by atoms with Crippen molar-refractivity contribution in [2.24, 2.45) is 0 Å². The molecule has 0 heterocycles. The highest BCUT2D eigenvalue weighted by atomic mass is 15.1. The summed E-state index contributed by atoms with van der Waals surface area (Å²) in [5.41, 5.74) is 3.56. The molecule has 1 heteroatoms. The second kappa shape index (κ2) is 13.7. The Balaban J connectivity index is 0. The normalized spacial score (nSPS) is 12.2. The largest absolute Gasteiger partial charge is 0.345 e. The molecule has 0 aliphatic rings. The van der Waals surface area contributed by atoms with Crippen LogP contribution in [0.1, 0.15) is 41.5 Å². The van der Waals surface area contributed by atoms with Crippen LogP contribution < -0.4 is 0 Å². The van der Waals surface area contributed by atoms with Gasteiger partial charge in [-0.05, 0) is 45.9 Å². The van der Waals surface area contributed by atoms with Crippen molar-refractivity contribution in [3.63, 3.8) is 0 Å². The number of hydrogen-bond acceptors (Lipinski definition) is 1. The molecule has 0 amide bonds. The molecule has 0 saturated carbocycles. The molecule has 0 rings (SSSR count). The lowest BCUT2D eigenvalue weighted by Crippen LogP contribution is -2.14. The van der Waals surface area contributed by atoms with E-state index in [9.17, 15) is 0 Å². The van der Waals surface area contributed by atoms with Gasteiger partial charge in [0.15, 0.2) is 0 Å². The van der Waals surface area contributed by atoms with Crippen molar-refractivity contribution in [1.29, 1.82) is 0 Å². The SMILES string of the molecule is C=C/C=C(\C=C/C)N(C)C(/C=C\C=C(C)C)=C/C.CC. The van der Waals surface area contributed by atoms with Crippen LogP contribution in [0.2, 0.25) is 0 Å². The summed E-state index contributed by atoms with van der Waals surface area (Å²) in [4.78, 5) is 2.14. The van der Waals surface area contributed by atoms with Crippen LogP contribution >= 0.6 is 0 Å². The summed E-state index contributed by atoms with van der Waals surface area (Å²) in [7, 11) is 2.05. The van der Waals surface area contributed by atoms with Gasteiger partial charge in [0.2, 0.25) is 0 Å². The molecule has 20 heavy (non-hydrogen) atoms. The molecular weight excluding hydrogens is 242 g/mol. The summed E-state index contributed by atoms with van der Waals surface area (Å²) in [5, 5.41) is 0. The van der Waals surface area contributed by atoms with Crippen molar-refractivity contribution < 1.29 is 0 Å². The van der Waals surface area contributed by atoms with Crippen molar-refractivity contribution >= 4 is 0 Å². The summed E-state index contributed by atoms with van der Waals surface area (Å²) in [5.74, 6) is 0. The lowest BCUT2D eigenvalue weighted by molar-refractivity contribution is 0.553. The molecule has 0 unspecified atom stereocenters. The van der Waals surface area contributed by atoms with Crippen LogP contribution in [0, 0.1) is 0 Å². The maximum Gasteiger partial charge on any atom is 0.0404 e. The molecule has 0 radical (unpaired) electrons. The van der Waals surface area contributed by atoms with E-state index in [1.807, 2.05) is 39.8 Å². The third kappa shape index (κ3) is 9.21. The number of hydrogen-bond donors (Lipinski definition) is 0. The summed E-state index contributed by atoms with van der Waals surface area (Å²) < 4.78 is 0. The van der Waals surface area contributed by atoms with Gasteiger partial charge in [-0.15, -0.1) is 0 Å². The minimum absolute atomic E-state index is 1.11. The zero-order valence-corrected chi connectivity index (χ0v) is 14.3. The van der Waals surface area contributed by atoms with Gasteiger partial charge < -0.3 is 4.90 Å². The summed E-state index contributed by atoms with van der Waals surface area (Å²) in [6, 6.07) is 0. The van der Waals surface area contributed by atoms with Crippen LogP contribution in [0.5, 0.6) is 0 Å². The first kappa shape index (κ1) is 20.6. The number of rotatable bonds is 6. The Morgan fingerprint density at radius 2 is 1.55 bits per heavy atom. The van der Waals surface area contributed by atoms with Crippen LogP contribution in [0.25, 0.3) is 0 Å². The van der Waals surface area contributed by atoms with Crippen LogP contribution in [-0.4, -0.2) is 11.9 Å². The van der Waals surface area contributed by atoms with Gasteiger partial charge in [0, 0.05) is 18.4 Å². The fourth-order valence-electron chi connectivity index (χ4n) is 1.46. The Morgan fingerprint density at radius 3 is 1.95 bits per heavy atom. The van der Waals surface area contributed by atoms with Crippen LogP contribution in [0.4, 0.5) is 0 Å². The molecule has 0 aliphatic heterocycles. The molecule has 0 aromatic heterocycles. The van der Waals surface area contributed by atoms with E-state index in [2.05, 4.69) is 62.8 Å². The number of likely N-dealkylation sites (N-methyl/N-ethyl adjacent to an activating group) is 1.